The summed E-state index contributed by atoms with van der Waals surface area (Å²) in [6, 6.07) is 9.50. The van der Waals surface area contributed by atoms with Crippen LogP contribution in [0.4, 0.5) is 5.69 Å². The number of aromatic amines is 1. The van der Waals surface area contributed by atoms with Gasteiger partial charge in [0, 0.05) is 36.7 Å². The third kappa shape index (κ3) is 2.74. The van der Waals surface area contributed by atoms with E-state index in [1.807, 2.05) is 35.9 Å². The van der Waals surface area contributed by atoms with Gasteiger partial charge in [0.15, 0.2) is 6.04 Å². The average molecular weight is 410 g/mol. The standard InChI is InChI=1S/C22H21ClN4O2/c1-12-10-17(11-25(3)21(12)28)26-19(14-4-6-15(23)7-5-14)18-13(2)24-27(16-8-9-16)20(18)22(26)29/h4-7,10-11,16,19H,8-9H2,1-3H3/p+1. The Labute approximate surface area is 173 Å². The number of carbonyl (C=O) groups is 1. The van der Waals surface area contributed by atoms with E-state index in [1.165, 1.54) is 4.57 Å². The number of pyridine rings is 1. The van der Waals surface area contributed by atoms with E-state index in [4.69, 9.17) is 11.6 Å². The Balaban J connectivity index is 1.75. The molecule has 1 N–H and O–H groups in total. The van der Waals surface area contributed by atoms with E-state index in [-0.39, 0.29) is 17.5 Å². The van der Waals surface area contributed by atoms with E-state index in [2.05, 4.69) is 5.10 Å². The largest absolute Gasteiger partial charge is 0.326 e. The van der Waals surface area contributed by atoms with Gasteiger partial charge in [0.05, 0.1) is 23.0 Å². The SMILES string of the molecule is Cc1[nH][n+](C2CC2)c2c1C(c1ccc(Cl)cc1)N(c1cc(C)c(=O)n(C)c1)C2=O. The summed E-state index contributed by atoms with van der Waals surface area (Å²) in [6.45, 7) is 3.80. The van der Waals surface area contributed by atoms with Crippen LogP contribution in [0.2, 0.25) is 5.02 Å². The van der Waals surface area contributed by atoms with Gasteiger partial charge in [0.1, 0.15) is 0 Å². The molecule has 1 saturated carbocycles. The second-order valence-electron chi connectivity index (χ2n) is 8.03. The van der Waals surface area contributed by atoms with Crippen LogP contribution in [0.15, 0.2) is 41.3 Å². The zero-order chi connectivity index (χ0) is 20.4. The maximum atomic E-state index is 13.7. The highest BCUT2D eigenvalue weighted by Crippen LogP contribution is 2.43. The molecule has 2 aromatic heterocycles. The molecule has 29 heavy (non-hydrogen) atoms. The van der Waals surface area contributed by atoms with E-state index in [1.54, 1.807) is 31.1 Å². The monoisotopic (exact) mass is 409 g/mol. The molecule has 0 bridgehead atoms. The minimum absolute atomic E-state index is 0.0470. The molecular weight excluding hydrogens is 388 g/mol. The Morgan fingerprint density at radius 3 is 2.45 bits per heavy atom. The maximum Gasteiger partial charge on any atom is 0.326 e. The van der Waals surface area contributed by atoms with Crippen molar-refractivity contribution < 1.29 is 9.48 Å². The molecule has 1 fully saturated rings. The topological polar surface area (TPSA) is 62.0 Å². The highest BCUT2D eigenvalue weighted by atomic mass is 35.5. The number of hydrogen-bond donors (Lipinski definition) is 1. The number of nitrogens with zero attached hydrogens (tertiary/aromatic N) is 3. The number of benzene rings is 1. The summed E-state index contributed by atoms with van der Waals surface area (Å²) in [5.74, 6) is -0.0470. The number of H-pyrrole nitrogens is 1. The second-order valence-corrected chi connectivity index (χ2v) is 8.46. The molecule has 2 aliphatic rings. The smallest absolute Gasteiger partial charge is 0.316 e. The van der Waals surface area contributed by atoms with Crippen LogP contribution in [-0.2, 0) is 7.05 Å². The van der Waals surface area contributed by atoms with E-state index in [0.717, 1.165) is 35.4 Å². The summed E-state index contributed by atoms with van der Waals surface area (Å²) in [5.41, 5.74) is 4.95. The predicted molar refractivity (Wildman–Crippen MR) is 111 cm³/mol. The van der Waals surface area contributed by atoms with Gasteiger partial charge in [-0.2, -0.15) is 5.10 Å². The number of amides is 1. The molecule has 1 unspecified atom stereocenters. The molecule has 5 rings (SSSR count). The van der Waals surface area contributed by atoms with Crippen LogP contribution in [0.3, 0.4) is 0 Å². The van der Waals surface area contributed by atoms with Crippen molar-refractivity contribution in [2.24, 2.45) is 7.05 Å². The molecule has 1 aliphatic carbocycles. The van der Waals surface area contributed by atoms with E-state index in [0.29, 0.717) is 22.3 Å². The van der Waals surface area contributed by atoms with Crippen molar-refractivity contribution in [3.8, 4) is 0 Å². The Kier molecular flexibility index (Phi) is 3.96. The van der Waals surface area contributed by atoms with Crippen molar-refractivity contribution >= 4 is 23.2 Å². The Bertz CT molecular complexity index is 1180. The first-order chi connectivity index (χ1) is 13.9. The predicted octanol–water partition coefficient (Wildman–Crippen LogP) is 3.36. The zero-order valence-corrected chi connectivity index (χ0v) is 17.3. The van der Waals surface area contributed by atoms with Gasteiger partial charge >= 0.3 is 11.6 Å². The lowest BCUT2D eigenvalue weighted by molar-refractivity contribution is -0.755. The lowest BCUT2D eigenvalue weighted by Crippen LogP contribution is -2.43. The molecule has 0 radical (unpaired) electrons. The molecular formula is C22H22ClN4O2+. The average Bonchev–Trinajstić information content (AvgIpc) is 3.41. The van der Waals surface area contributed by atoms with Gasteiger partial charge in [0.25, 0.3) is 5.56 Å². The second kappa shape index (κ2) is 6.32. The van der Waals surface area contributed by atoms with Crippen LogP contribution in [0.25, 0.3) is 0 Å². The molecule has 6 nitrogen and oxygen atoms in total. The number of aromatic nitrogens is 3. The van der Waals surface area contributed by atoms with Gasteiger partial charge in [-0.15, -0.1) is 4.68 Å². The van der Waals surface area contributed by atoms with Crippen molar-refractivity contribution in [1.29, 1.82) is 0 Å². The van der Waals surface area contributed by atoms with Crippen LogP contribution in [0, 0.1) is 13.8 Å². The van der Waals surface area contributed by atoms with Gasteiger partial charge in [0.2, 0.25) is 0 Å². The molecule has 3 aromatic rings. The van der Waals surface area contributed by atoms with Crippen molar-refractivity contribution in [3.05, 3.63) is 80.0 Å². The Hall–Kier alpha value is -2.86. The van der Waals surface area contributed by atoms with Gasteiger partial charge in [-0.3, -0.25) is 14.5 Å². The first-order valence-corrected chi connectivity index (χ1v) is 10.1. The highest BCUT2D eigenvalue weighted by Gasteiger charge is 2.51. The van der Waals surface area contributed by atoms with Crippen molar-refractivity contribution in [3.63, 3.8) is 0 Å². The molecule has 1 aliphatic heterocycles. The maximum absolute atomic E-state index is 13.7. The third-order valence-corrected chi connectivity index (χ3v) is 6.12. The van der Waals surface area contributed by atoms with Crippen molar-refractivity contribution in [1.82, 2.24) is 9.67 Å². The van der Waals surface area contributed by atoms with Gasteiger partial charge in [-0.25, -0.2) is 0 Å². The highest BCUT2D eigenvalue weighted by molar-refractivity contribution is 6.30. The number of hydrogen-bond acceptors (Lipinski definition) is 2. The molecule has 1 aromatic carbocycles. The normalized spacial score (nSPS) is 18.4. The number of rotatable bonds is 3. The summed E-state index contributed by atoms with van der Waals surface area (Å²) in [6.07, 6.45) is 3.90. The Morgan fingerprint density at radius 1 is 1.14 bits per heavy atom. The summed E-state index contributed by atoms with van der Waals surface area (Å²) in [7, 11) is 1.72. The minimum Gasteiger partial charge on any atom is -0.316 e. The molecule has 1 atom stereocenters. The molecule has 0 saturated heterocycles. The van der Waals surface area contributed by atoms with E-state index < -0.39 is 0 Å². The molecule has 0 spiro atoms. The number of nitrogens with one attached hydrogen (secondary N) is 1. The van der Waals surface area contributed by atoms with Crippen molar-refractivity contribution in [2.75, 3.05) is 4.90 Å². The number of carbonyl (C=O) groups excluding carboxylic acids is 1. The summed E-state index contributed by atoms with van der Waals surface area (Å²) in [4.78, 5) is 27.7. The minimum atomic E-state index is -0.275. The number of fused-ring (bicyclic) bond motifs is 1. The fraction of sp³-hybridized carbons (Fsp3) is 0.318. The van der Waals surface area contributed by atoms with E-state index in [9.17, 15) is 9.59 Å². The molecule has 1 amide bonds. The lowest BCUT2D eigenvalue weighted by atomic mass is 9.99. The number of aryl methyl sites for hydroxylation is 3. The quantitative estimate of drug-likeness (QED) is 0.674. The Morgan fingerprint density at radius 2 is 1.83 bits per heavy atom. The molecule has 3 heterocycles. The fourth-order valence-electron chi connectivity index (χ4n) is 4.34. The van der Waals surface area contributed by atoms with Crippen molar-refractivity contribution in [2.45, 2.75) is 38.8 Å². The first kappa shape index (κ1) is 18.2. The van der Waals surface area contributed by atoms with E-state index >= 15 is 0 Å². The summed E-state index contributed by atoms with van der Waals surface area (Å²) in [5, 5.41) is 4.06. The van der Waals surface area contributed by atoms with Crippen LogP contribution < -0.4 is 15.1 Å². The third-order valence-electron chi connectivity index (χ3n) is 5.87. The van der Waals surface area contributed by atoms with Gasteiger partial charge in [-0.05, 0) is 37.6 Å². The van der Waals surface area contributed by atoms with Gasteiger partial charge in [-0.1, -0.05) is 23.7 Å². The van der Waals surface area contributed by atoms with Crippen LogP contribution in [0.1, 0.15) is 57.8 Å². The van der Waals surface area contributed by atoms with Crippen LogP contribution in [-0.4, -0.2) is 15.6 Å². The zero-order valence-electron chi connectivity index (χ0n) is 16.6. The lowest BCUT2D eigenvalue weighted by Gasteiger charge is -2.26. The van der Waals surface area contributed by atoms with Gasteiger partial charge < -0.3 is 4.57 Å². The fourth-order valence-corrected chi connectivity index (χ4v) is 4.46. The van der Waals surface area contributed by atoms with Crippen LogP contribution >= 0.6 is 11.6 Å². The molecule has 148 valence electrons. The number of halogens is 1. The van der Waals surface area contributed by atoms with Crippen LogP contribution in [0.5, 0.6) is 0 Å². The summed E-state index contributed by atoms with van der Waals surface area (Å²) < 4.78 is 3.57. The molecule has 7 heteroatoms. The summed E-state index contributed by atoms with van der Waals surface area (Å²) >= 11 is 6.12. The first-order valence-electron chi connectivity index (χ1n) is 9.77. The number of anilines is 1.